The second-order valence-electron chi connectivity index (χ2n) is 4.15. The molecule has 2 N–H and O–H groups in total. The van der Waals surface area contributed by atoms with Crippen LogP contribution < -0.4 is 10.6 Å². The third-order valence-electron chi connectivity index (χ3n) is 2.57. The first-order valence-electron chi connectivity index (χ1n) is 6.37. The number of amides is 1. The summed E-state index contributed by atoms with van der Waals surface area (Å²) >= 11 is 0. The Labute approximate surface area is 112 Å². The van der Waals surface area contributed by atoms with Crippen molar-refractivity contribution < 1.29 is 4.79 Å². The van der Waals surface area contributed by atoms with Crippen LogP contribution in [0.2, 0.25) is 0 Å². The van der Waals surface area contributed by atoms with Gasteiger partial charge in [0.2, 0.25) is 0 Å². The highest BCUT2D eigenvalue weighted by Gasteiger charge is 2.07. The van der Waals surface area contributed by atoms with E-state index >= 15 is 0 Å². The number of benzene rings is 1. The highest BCUT2D eigenvalue weighted by Crippen LogP contribution is 2.09. The fraction of sp³-hybridized carbons (Fsp3) is 0.200. The summed E-state index contributed by atoms with van der Waals surface area (Å²) in [7, 11) is 0. The van der Waals surface area contributed by atoms with Crippen molar-refractivity contribution >= 4 is 17.4 Å². The molecule has 0 radical (unpaired) electrons. The Bertz CT molecular complexity index is 540. The van der Waals surface area contributed by atoms with Gasteiger partial charge < -0.3 is 10.6 Å². The van der Waals surface area contributed by atoms with Crippen LogP contribution >= 0.6 is 0 Å². The molecule has 0 saturated carbocycles. The lowest BCUT2D eigenvalue weighted by Crippen LogP contribution is -2.14. The van der Waals surface area contributed by atoms with Crippen LogP contribution in [-0.2, 0) is 0 Å². The van der Waals surface area contributed by atoms with Gasteiger partial charge in [0.25, 0.3) is 5.91 Å². The molecule has 19 heavy (non-hydrogen) atoms. The number of pyridine rings is 1. The van der Waals surface area contributed by atoms with E-state index in [0.29, 0.717) is 5.69 Å². The Morgan fingerprint density at radius 1 is 1.11 bits per heavy atom. The third-order valence-corrected chi connectivity index (χ3v) is 2.57. The lowest BCUT2D eigenvalue weighted by atomic mass is 10.3. The Hall–Kier alpha value is -2.36. The van der Waals surface area contributed by atoms with Gasteiger partial charge in [-0.1, -0.05) is 31.2 Å². The number of aromatic nitrogens is 1. The molecule has 1 aromatic carbocycles. The molecule has 1 heterocycles. The normalized spacial score (nSPS) is 9.95. The van der Waals surface area contributed by atoms with E-state index in [2.05, 4.69) is 22.5 Å². The van der Waals surface area contributed by atoms with E-state index in [9.17, 15) is 4.79 Å². The SMILES string of the molecule is CCCNc1cccc(C(=O)Nc2ccccc2)n1. The molecular weight excluding hydrogens is 238 g/mol. The molecule has 0 saturated heterocycles. The predicted octanol–water partition coefficient (Wildman–Crippen LogP) is 3.16. The van der Waals surface area contributed by atoms with Gasteiger partial charge in [0.05, 0.1) is 0 Å². The zero-order valence-electron chi connectivity index (χ0n) is 10.9. The minimum atomic E-state index is -0.202. The van der Waals surface area contributed by atoms with Crippen molar-refractivity contribution in [1.82, 2.24) is 4.98 Å². The van der Waals surface area contributed by atoms with Gasteiger partial charge in [0.1, 0.15) is 11.5 Å². The fourth-order valence-electron chi connectivity index (χ4n) is 1.63. The standard InChI is InChI=1S/C15H17N3O/c1-2-11-16-14-10-6-9-13(18-14)15(19)17-12-7-4-3-5-8-12/h3-10H,2,11H2,1H3,(H,16,18)(H,17,19). The first kappa shape index (κ1) is 13.1. The summed E-state index contributed by atoms with van der Waals surface area (Å²) in [4.78, 5) is 16.3. The molecule has 1 amide bonds. The summed E-state index contributed by atoms with van der Waals surface area (Å²) < 4.78 is 0. The average molecular weight is 255 g/mol. The van der Waals surface area contributed by atoms with Gasteiger partial charge in [0.15, 0.2) is 0 Å². The van der Waals surface area contributed by atoms with Gasteiger partial charge >= 0.3 is 0 Å². The van der Waals surface area contributed by atoms with Crippen molar-refractivity contribution in [1.29, 1.82) is 0 Å². The molecule has 0 atom stereocenters. The van der Waals surface area contributed by atoms with E-state index in [4.69, 9.17) is 0 Å². The summed E-state index contributed by atoms with van der Waals surface area (Å²) in [6.07, 6.45) is 1.02. The van der Waals surface area contributed by atoms with Crippen LogP contribution in [0.4, 0.5) is 11.5 Å². The highest BCUT2D eigenvalue weighted by atomic mass is 16.1. The molecule has 2 rings (SSSR count). The highest BCUT2D eigenvalue weighted by molar-refractivity contribution is 6.03. The summed E-state index contributed by atoms with van der Waals surface area (Å²) in [5, 5.41) is 5.97. The Morgan fingerprint density at radius 3 is 2.63 bits per heavy atom. The van der Waals surface area contributed by atoms with Crippen molar-refractivity contribution in [2.75, 3.05) is 17.2 Å². The lowest BCUT2D eigenvalue weighted by molar-refractivity contribution is 0.102. The van der Waals surface area contributed by atoms with Crippen molar-refractivity contribution in [3.05, 3.63) is 54.2 Å². The van der Waals surface area contributed by atoms with Gasteiger partial charge in [0, 0.05) is 12.2 Å². The topological polar surface area (TPSA) is 54.0 Å². The van der Waals surface area contributed by atoms with Crippen LogP contribution in [-0.4, -0.2) is 17.4 Å². The molecule has 0 fully saturated rings. The number of nitrogens with one attached hydrogen (secondary N) is 2. The summed E-state index contributed by atoms with van der Waals surface area (Å²) in [5.74, 6) is 0.522. The smallest absolute Gasteiger partial charge is 0.274 e. The molecule has 4 heteroatoms. The predicted molar refractivity (Wildman–Crippen MR) is 77.4 cm³/mol. The van der Waals surface area contributed by atoms with Gasteiger partial charge in [-0.15, -0.1) is 0 Å². The molecule has 0 aliphatic rings. The van der Waals surface area contributed by atoms with E-state index in [0.717, 1.165) is 24.5 Å². The first-order chi connectivity index (χ1) is 9.29. The number of rotatable bonds is 5. The number of nitrogens with zero attached hydrogens (tertiary/aromatic N) is 1. The van der Waals surface area contributed by atoms with Crippen LogP contribution in [0.5, 0.6) is 0 Å². The van der Waals surface area contributed by atoms with Crippen molar-refractivity contribution in [3.8, 4) is 0 Å². The molecule has 4 nitrogen and oxygen atoms in total. The van der Waals surface area contributed by atoms with Crippen LogP contribution in [0.25, 0.3) is 0 Å². The van der Waals surface area contributed by atoms with Crippen molar-refractivity contribution in [2.45, 2.75) is 13.3 Å². The van der Waals surface area contributed by atoms with Crippen LogP contribution in [0.15, 0.2) is 48.5 Å². The largest absolute Gasteiger partial charge is 0.370 e. The number of carbonyl (C=O) groups excluding carboxylic acids is 1. The molecule has 0 bridgehead atoms. The number of para-hydroxylation sites is 1. The Kier molecular flexibility index (Phi) is 4.50. The van der Waals surface area contributed by atoms with Gasteiger partial charge in [-0.3, -0.25) is 4.79 Å². The van der Waals surface area contributed by atoms with E-state index in [1.165, 1.54) is 0 Å². The van der Waals surface area contributed by atoms with Gasteiger partial charge in [-0.05, 0) is 30.7 Å². The van der Waals surface area contributed by atoms with Gasteiger partial charge in [-0.25, -0.2) is 4.98 Å². The summed E-state index contributed by atoms with van der Waals surface area (Å²) in [6, 6.07) is 14.7. The minimum absolute atomic E-state index is 0.202. The number of carbonyl (C=O) groups is 1. The molecule has 1 aromatic heterocycles. The molecule has 0 aliphatic carbocycles. The molecule has 0 spiro atoms. The maximum Gasteiger partial charge on any atom is 0.274 e. The summed E-state index contributed by atoms with van der Waals surface area (Å²) in [5.41, 5.74) is 1.17. The molecule has 0 unspecified atom stereocenters. The Balaban J connectivity index is 2.06. The number of hydrogen-bond donors (Lipinski definition) is 2. The van der Waals surface area contributed by atoms with Gasteiger partial charge in [-0.2, -0.15) is 0 Å². The first-order valence-corrected chi connectivity index (χ1v) is 6.37. The number of anilines is 2. The molecule has 98 valence electrons. The van der Waals surface area contributed by atoms with E-state index < -0.39 is 0 Å². The minimum Gasteiger partial charge on any atom is -0.370 e. The maximum atomic E-state index is 12.0. The monoisotopic (exact) mass is 255 g/mol. The quantitative estimate of drug-likeness (QED) is 0.863. The second kappa shape index (κ2) is 6.54. The van der Waals surface area contributed by atoms with E-state index in [1.807, 2.05) is 42.5 Å². The zero-order chi connectivity index (χ0) is 13.5. The van der Waals surface area contributed by atoms with Crippen LogP contribution in [0, 0.1) is 0 Å². The zero-order valence-corrected chi connectivity index (χ0v) is 10.9. The maximum absolute atomic E-state index is 12.0. The average Bonchev–Trinajstić information content (AvgIpc) is 2.46. The van der Waals surface area contributed by atoms with Crippen LogP contribution in [0.3, 0.4) is 0 Å². The van der Waals surface area contributed by atoms with E-state index in [1.54, 1.807) is 6.07 Å². The molecule has 0 aliphatic heterocycles. The lowest BCUT2D eigenvalue weighted by Gasteiger charge is -2.07. The van der Waals surface area contributed by atoms with Crippen LogP contribution in [0.1, 0.15) is 23.8 Å². The third kappa shape index (κ3) is 3.81. The summed E-state index contributed by atoms with van der Waals surface area (Å²) in [6.45, 7) is 2.93. The van der Waals surface area contributed by atoms with Crippen molar-refractivity contribution in [3.63, 3.8) is 0 Å². The molecule has 2 aromatic rings. The molecular formula is C15H17N3O. The van der Waals surface area contributed by atoms with E-state index in [-0.39, 0.29) is 5.91 Å². The second-order valence-corrected chi connectivity index (χ2v) is 4.15. The fourth-order valence-corrected chi connectivity index (χ4v) is 1.63. The van der Waals surface area contributed by atoms with Crippen molar-refractivity contribution in [2.24, 2.45) is 0 Å². The number of hydrogen-bond acceptors (Lipinski definition) is 3. The Morgan fingerprint density at radius 2 is 1.89 bits per heavy atom.